The number of hydrogen-bond acceptors (Lipinski definition) is 6. The van der Waals surface area contributed by atoms with E-state index in [9.17, 15) is 9.59 Å². The Kier molecular flexibility index (Phi) is 6.50. The molecule has 0 radical (unpaired) electrons. The molecule has 1 unspecified atom stereocenters. The van der Waals surface area contributed by atoms with Crippen LogP contribution in [0.2, 0.25) is 5.02 Å². The summed E-state index contributed by atoms with van der Waals surface area (Å²) in [7, 11) is 3.08. The third-order valence-corrected chi connectivity index (χ3v) is 5.76. The third-order valence-electron chi connectivity index (χ3n) is 5.53. The normalized spacial score (nSPS) is 15.9. The molecule has 0 bridgehead atoms. The smallest absolute Gasteiger partial charge is 0.293 e. The highest BCUT2D eigenvalue weighted by molar-refractivity contribution is 6.30. The monoisotopic (exact) mass is 469 g/mol. The van der Waals surface area contributed by atoms with Crippen molar-refractivity contribution in [2.45, 2.75) is 13.0 Å². The predicted molar refractivity (Wildman–Crippen MR) is 122 cm³/mol. The van der Waals surface area contributed by atoms with Gasteiger partial charge in [0.1, 0.15) is 17.8 Å². The first-order valence-electron chi connectivity index (χ1n) is 10.4. The highest BCUT2D eigenvalue weighted by Crippen LogP contribution is 2.24. The summed E-state index contributed by atoms with van der Waals surface area (Å²) < 4.78 is 12.0. The van der Waals surface area contributed by atoms with Crippen molar-refractivity contribution in [2.75, 3.05) is 33.9 Å². The van der Waals surface area contributed by atoms with Crippen LogP contribution >= 0.6 is 11.6 Å². The van der Waals surface area contributed by atoms with Gasteiger partial charge in [-0.05, 0) is 37.3 Å². The van der Waals surface area contributed by atoms with E-state index >= 15 is 0 Å². The minimum atomic E-state index is -0.279. The Morgan fingerprint density at radius 1 is 1.03 bits per heavy atom. The molecule has 1 fully saturated rings. The molecule has 10 heteroatoms. The van der Waals surface area contributed by atoms with Crippen LogP contribution in [0.15, 0.2) is 48.8 Å². The van der Waals surface area contributed by atoms with Crippen molar-refractivity contribution in [3.8, 4) is 17.2 Å². The fourth-order valence-electron chi connectivity index (χ4n) is 3.79. The third kappa shape index (κ3) is 4.78. The van der Waals surface area contributed by atoms with Gasteiger partial charge in [0.2, 0.25) is 5.82 Å². The first kappa shape index (κ1) is 22.6. The van der Waals surface area contributed by atoms with Crippen molar-refractivity contribution < 1.29 is 19.1 Å². The Bertz CT molecular complexity index is 1160. The van der Waals surface area contributed by atoms with Crippen molar-refractivity contribution >= 4 is 23.4 Å². The lowest BCUT2D eigenvalue weighted by Crippen LogP contribution is -2.55. The Morgan fingerprint density at radius 3 is 2.39 bits per heavy atom. The van der Waals surface area contributed by atoms with Crippen LogP contribution in [0.5, 0.6) is 11.5 Å². The average molecular weight is 470 g/mol. The number of nitrogens with zero attached hydrogens (tertiary/aromatic N) is 5. The number of rotatable bonds is 5. The Labute approximate surface area is 196 Å². The topological polar surface area (TPSA) is 89.8 Å². The van der Waals surface area contributed by atoms with E-state index in [1.807, 2.05) is 13.0 Å². The maximum Gasteiger partial charge on any atom is 0.293 e. The van der Waals surface area contributed by atoms with E-state index in [1.165, 1.54) is 25.2 Å². The standard InChI is InChI=1S/C23H24ClN5O4/c1-15-13-27(22(30)16-9-19(32-2)12-20(10-16)33-3)7-8-28(15)23(31)21-25-14-29(26-21)18-6-4-5-17(24)11-18/h4-6,9-12,14-15H,7-8,13H2,1-3H3. The Hall–Kier alpha value is -3.59. The zero-order chi connectivity index (χ0) is 23.5. The van der Waals surface area contributed by atoms with E-state index in [2.05, 4.69) is 10.1 Å². The number of benzene rings is 2. The molecular weight excluding hydrogens is 446 g/mol. The Morgan fingerprint density at radius 2 is 1.76 bits per heavy atom. The molecule has 3 aromatic rings. The molecule has 1 aromatic heterocycles. The number of methoxy groups -OCH3 is 2. The number of hydrogen-bond donors (Lipinski definition) is 0. The summed E-state index contributed by atoms with van der Waals surface area (Å²) in [6.07, 6.45) is 1.49. The molecule has 0 aliphatic carbocycles. The highest BCUT2D eigenvalue weighted by Gasteiger charge is 2.32. The van der Waals surface area contributed by atoms with Crippen LogP contribution in [0.4, 0.5) is 0 Å². The molecule has 1 atom stereocenters. The van der Waals surface area contributed by atoms with Crippen LogP contribution in [0, 0.1) is 0 Å². The van der Waals surface area contributed by atoms with Crippen LogP contribution in [0.1, 0.15) is 27.9 Å². The molecular formula is C23H24ClN5O4. The number of aromatic nitrogens is 3. The van der Waals surface area contributed by atoms with E-state index in [-0.39, 0.29) is 23.7 Å². The number of carbonyl (C=O) groups is 2. The van der Waals surface area contributed by atoms with Crippen LogP contribution in [0.3, 0.4) is 0 Å². The fourth-order valence-corrected chi connectivity index (χ4v) is 3.97. The summed E-state index contributed by atoms with van der Waals surface area (Å²) in [5, 5.41) is 4.89. The maximum absolute atomic E-state index is 13.1. The summed E-state index contributed by atoms with van der Waals surface area (Å²) in [6.45, 7) is 3.05. The number of halogens is 1. The van der Waals surface area contributed by atoms with E-state index in [0.29, 0.717) is 47.4 Å². The van der Waals surface area contributed by atoms with Crippen LogP contribution in [0.25, 0.3) is 5.69 Å². The van der Waals surface area contributed by atoms with E-state index in [1.54, 1.807) is 46.2 Å². The molecule has 9 nitrogen and oxygen atoms in total. The van der Waals surface area contributed by atoms with Gasteiger partial charge < -0.3 is 19.3 Å². The largest absolute Gasteiger partial charge is 0.497 e. The van der Waals surface area contributed by atoms with Gasteiger partial charge in [-0.25, -0.2) is 9.67 Å². The first-order chi connectivity index (χ1) is 15.9. The zero-order valence-electron chi connectivity index (χ0n) is 18.6. The van der Waals surface area contributed by atoms with Crippen molar-refractivity contribution in [3.05, 3.63) is 65.2 Å². The molecule has 2 heterocycles. The molecule has 1 aliphatic rings. The van der Waals surface area contributed by atoms with Gasteiger partial charge in [-0.1, -0.05) is 17.7 Å². The first-order valence-corrected chi connectivity index (χ1v) is 10.8. The summed E-state index contributed by atoms with van der Waals surface area (Å²) in [4.78, 5) is 33.7. The van der Waals surface area contributed by atoms with Gasteiger partial charge in [-0.3, -0.25) is 9.59 Å². The number of piperazine rings is 1. The van der Waals surface area contributed by atoms with E-state index in [4.69, 9.17) is 21.1 Å². The number of ether oxygens (including phenoxy) is 2. The van der Waals surface area contributed by atoms with Gasteiger partial charge in [-0.15, -0.1) is 5.10 Å². The number of amides is 2. The minimum absolute atomic E-state index is 0.0964. The molecule has 0 N–H and O–H groups in total. The molecule has 172 valence electrons. The highest BCUT2D eigenvalue weighted by atomic mass is 35.5. The molecule has 2 aromatic carbocycles. The van der Waals surface area contributed by atoms with Crippen LogP contribution in [-0.4, -0.2) is 76.3 Å². The lowest BCUT2D eigenvalue weighted by molar-refractivity contribution is 0.0407. The van der Waals surface area contributed by atoms with Crippen LogP contribution in [-0.2, 0) is 0 Å². The fraction of sp³-hybridized carbons (Fsp3) is 0.304. The van der Waals surface area contributed by atoms with Gasteiger partial charge in [0.05, 0.1) is 19.9 Å². The minimum Gasteiger partial charge on any atom is -0.497 e. The van der Waals surface area contributed by atoms with Crippen molar-refractivity contribution in [2.24, 2.45) is 0 Å². The molecule has 1 saturated heterocycles. The predicted octanol–water partition coefficient (Wildman–Crippen LogP) is 2.92. The second kappa shape index (κ2) is 9.50. The summed E-state index contributed by atoms with van der Waals surface area (Å²) >= 11 is 6.04. The lowest BCUT2D eigenvalue weighted by Gasteiger charge is -2.39. The van der Waals surface area contributed by atoms with Crippen LogP contribution < -0.4 is 9.47 Å². The van der Waals surface area contributed by atoms with Gasteiger partial charge in [-0.2, -0.15) is 0 Å². The zero-order valence-corrected chi connectivity index (χ0v) is 19.3. The quantitative estimate of drug-likeness (QED) is 0.570. The Balaban J connectivity index is 1.45. The summed E-state index contributed by atoms with van der Waals surface area (Å²) in [5.74, 6) is 0.758. The molecule has 2 amide bonds. The number of carbonyl (C=O) groups excluding carboxylic acids is 2. The van der Waals surface area contributed by atoms with Crippen molar-refractivity contribution in [3.63, 3.8) is 0 Å². The summed E-state index contributed by atoms with van der Waals surface area (Å²) in [6, 6.07) is 12.0. The molecule has 0 saturated carbocycles. The van der Waals surface area contributed by atoms with Gasteiger partial charge in [0.25, 0.3) is 11.8 Å². The second-order valence-electron chi connectivity index (χ2n) is 7.69. The SMILES string of the molecule is COc1cc(OC)cc(C(=O)N2CCN(C(=O)c3ncn(-c4cccc(Cl)c4)n3)C(C)C2)c1. The van der Waals surface area contributed by atoms with Gasteiger partial charge in [0.15, 0.2) is 0 Å². The van der Waals surface area contributed by atoms with Gasteiger partial charge in [0, 0.05) is 42.3 Å². The van der Waals surface area contributed by atoms with Crippen molar-refractivity contribution in [1.82, 2.24) is 24.6 Å². The molecule has 1 aliphatic heterocycles. The van der Waals surface area contributed by atoms with E-state index in [0.717, 1.165) is 0 Å². The lowest BCUT2D eigenvalue weighted by atomic mass is 10.1. The van der Waals surface area contributed by atoms with E-state index < -0.39 is 0 Å². The van der Waals surface area contributed by atoms with Crippen molar-refractivity contribution in [1.29, 1.82) is 0 Å². The molecule has 4 rings (SSSR count). The second-order valence-corrected chi connectivity index (χ2v) is 8.13. The van der Waals surface area contributed by atoms with Gasteiger partial charge >= 0.3 is 0 Å². The maximum atomic E-state index is 13.1. The molecule has 33 heavy (non-hydrogen) atoms. The average Bonchev–Trinajstić information content (AvgIpc) is 3.33. The molecule has 0 spiro atoms. The summed E-state index contributed by atoms with van der Waals surface area (Å²) in [5.41, 5.74) is 1.19.